The first-order chi connectivity index (χ1) is 8.53. The third-order valence-corrected chi connectivity index (χ3v) is 5.40. The summed E-state index contributed by atoms with van der Waals surface area (Å²) in [6, 6.07) is 6.30. The van der Waals surface area contributed by atoms with Gasteiger partial charge < -0.3 is 4.98 Å². The minimum absolute atomic E-state index is 0.0175. The van der Waals surface area contributed by atoms with Gasteiger partial charge in [0.2, 0.25) is 0 Å². The Morgan fingerprint density at radius 2 is 2.11 bits per heavy atom. The molecule has 2 N–H and O–H groups in total. The Morgan fingerprint density at radius 1 is 1.33 bits per heavy atom. The van der Waals surface area contributed by atoms with Gasteiger partial charge in [0.05, 0.1) is 0 Å². The van der Waals surface area contributed by atoms with Gasteiger partial charge in [-0.25, -0.2) is 8.42 Å². The molecular weight excluding hydrogens is 272 g/mol. The van der Waals surface area contributed by atoms with Crippen LogP contribution in [0.4, 0.5) is 5.69 Å². The van der Waals surface area contributed by atoms with Crippen molar-refractivity contribution in [2.45, 2.75) is 17.6 Å². The molecule has 18 heavy (non-hydrogen) atoms. The highest BCUT2D eigenvalue weighted by atomic mass is 32.2. The Hall–Kier alpha value is -1.60. The van der Waals surface area contributed by atoms with Crippen LogP contribution >= 0.6 is 11.3 Å². The van der Waals surface area contributed by atoms with E-state index in [1.165, 1.54) is 23.6 Å². The fourth-order valence-electron chi connectivity index (χ4n) is 1.39. The normalized spacial score (nSPS) is 11.4. The minimum atomic E-state index is -3.68. The lowest BCUT2D eigenvalue weighted by atomic mass is 10.4. The first kappa shape index (κ1) is 12.8. The maximum absolute atomic E-state index is 12.0. The molecule has 5 nitrogen and oxygen atoms in total. The molecule has 0 fully saturated rings. The summed E-state index contributed by atoms with van der Waals surface area (Å²) in [5.41, 5.74) is -0.447. The van der Waals surface area contributed by atoms with Crippen molar-refractivity contribution in [1.82, 2.24) is 4.98 Å². The van der Waals surface area contributed by atoms with E-state index in [1.54, 1.807) is 18.2 Å². The summed E-state index contributed by atoms with van der Waals surface area (Å²) in [6.45, 7) is 1.96. The number of hydrogen-bond donors (Lipinski definition) is 2. The monoisotopic (exact) mass is 284 g/mol. The quantitative estimate of drug-likeness (QED) is 0.898. The first-order valence-electron chi connectivity index (χ1n) is 5.32. The van der Waals surface area contributed by atoms with E-state index in [-0.39, 0.29) is 9.90 Å². The van der Waals surface area contributed by atoms with Gasteiger partial charge in [-0.1, -0.05) is 6.92 Å². The molecule has 0 aliphatic rings. The highest BCUT2D eigenvalue weighted by Gasteiger charge is 2.17. The van der Waals surface area contributed by atoms with Crippen molar-refractivity contribution in [2.75, 3.05) is 4.72 Å². The number of H-pyrrole nitrogens is 1. The highest BCUT2D eigenvalue weighted by Crippen LogP contribution is 2.23. The number of aryl methyl sites for hydroxylation is 1. The van der Waals surface area contributed by atoms with Crippen molar-refractivity contribution in [3.8, 4) is 0 Å². The molecule has 0 amide bonds. The van der Waals surface area contributed by atoms with Crippen molar-refractivity contribution in [3.63, 3.8) is 0 Å². The van der Waals surface area contributed by atoms with Gasteiger partial charge in [0.15, 0.2) is 0 Å². The summed E-state index contributed by atoms with van der Waals surface area (Å²) in [7, 11) is -3.68. The highest BCUT2D eigenvalue weighted by molar-refractivity contribution is 7.94. The van der Waals surface area contributed by atoms with Crippen LogP contribution in [0.2, 0.25) is 0 Å². The number of nitrogens with one attached hydrogen (secondary N) is 2. The fourth-order valence-corrected chi connectivity index (χ4v) is 3.75. The summed E-state index contributed by atoms with van der Waals surface area (Å²) in [5, 5.41) is 0. The van der Waals surface area contributed by atoms with Crippen LogP contribution in [0.25, 0.3) is 0 Å². The van der Waals surface area contributed by atoms with Crippen LogP contribution in [0.15, 0.2) is 39.5 Å². The Labute approximate surface area is 109 Å². The van der Waals surface area contributed by atoms with E-state index in [4.69, 9.17) is 0 Å². The van der Waals surface area contributed by atoms with Crippen molar-refractivity contribution in [3.05, 3.63) is 45.7 Å². The zero-order chi connectivity index (χ0) is 13.2. The average Bonchev–Trinajstić information content (AvgIpc) is 2.81. The largest absolute Gasteiger partial charge is 0.327 e. The Bertz CT molecular complexity index is 701. The van der Waals surface area contributed by atoms with Crippen LogP contribution in [0, 0.1) is 0 Å². The van der Waals surface area contributed by atoms with Crippen LogP contribution in [0.3, 0.4) is 0 Å². The summed E-state index contributed by atoms with van der Waals surface area (Å²) >= 11 is 1.20. The van der Waals surface area contributed by atoms with Crippen LogP contribution in [-0.4, -0.2) is 13.4 Å². The van der Waals surface area contributed by atoms with Gasteiger partial charge in [0.1, 0.15) is 9.90 Å². The predicted octanol–water partition coefficient (Wildman–Crippen LogP) is 1.80. The van der Waals surface area contributed by atoms with Crippen LogP contribution < -0.4 is 10.3 Å². The molecule has 0 saturated carbocycles. The second-order valence-corrected chi connectivity index (χ2v) is 6.67. The SMILES string of the molecule is CCc1ccc(S(=O)(=O)Nc2ccc[nH]c2=O)s1. The number of hydrogen-bond acceptors (Lipinski definition) is 4. The van der Waals surface area contributed by atoms with E-state index in [1.807, 2.05) is 6.92 Å². The molecule has 0 bridgehead atoms. The molecule has 0 saturated heterocycles. The Balaban J connectivity index is 2.33. The molecule has 2 aromatic heterocycles. The third kappa shape index (κ3) is 2.62. The fraction of sp³-hybridized carbons (Fsp3) is 0.182. The lowest BCUT2D eigenvalue weighted by Gasteiger charge is -2.04. The van der Waals surface area contributed by atoms with Gasteiger partial charge in [-0.2, -0.15) is 0 Å². The number of sulfonamides is 1. The molecule has 0 aliphatic carbocycles. The lowest BCUT2D eigenvalue weighted by molar-refractivity contribution is 0.603. The molecule has 0 unspecified atom stereocenters. The Morgan fingerprint density at radius 3 is 2.72 bits per heavy atom. The summed E-state index contributed by atoms with van der Waals surface area (Å²) < 4.78 is 26.5. The average molecular weight is 284 g/mol. The van der Waals surface area contributed by atoms with E-state index in [2.05, 4.69) is 9.71 Å². The molecule has 96 valence electrons. The number of aromatic amines is 1. The zero-order valence-corrected chi connectivity index (χ0v) is 11.3. The summed E-state index contributed by atoms with van der Waals surface area (Å²) in [5.74, 6) is 0. The molecular formula is C11H12N2O3S2. The standard InChI is InChI=1S/C11H12N2O3S2/c1-2-8-5-6-10(17-8)18(15,16)13-9-4-3-7-12-11(9)14/h3-7,13H,2H2,1H3,(H,12,14). The number of anilines is 1. The number of pyridine rings is 1. The molecule has 0 aliphatic heterocycles. The summed E-state index contributed by atoms with van der Waals surface area (Å²) in [4.78, 5) is 14.8. The van der Waals surface area contributed by atoms with Gasteiger partial charge in [0.25, 0.3) is 15.6 Å². The van der Waals surface area contributed by atoms with Gasteiger partial charge in [-0.15, -0.1) is 11.3 Å². The maximum atomic E-state index is 12.0. The van der Waals surface area contributed by atoms with Crippen molar-refractivity contribution in [1.29, 1.82) is 0 Å². The zero-order valence-electron chi connectivity index (χ0n) is 9.64. The van der Waals surface area contributed by atoms with Crippen molar-refractivity contribution >= 4 is 27.0 Å². The van der Waals surface area contributed by atoms with E-state index in [9.17, 15) is 13.2 Å². The molecule has 0 aromatic carbocycles. The minimum Gasteiger partial charge on any atom is -0.327 e. The topological polar surface area (TPSA) is 79.0 Å². The van der Waals surface area contributed by atoms with Gasteiger partial charge >= 0.3 is 0 Å². The molecule has 7 heteroatoms. The molecule has 0 spiro atoms. The first-order valence-corrected chi connectivity index (χ1v) is 7.62. The second-order valence-electron chi connectivity index (χ2n) is 3.59. The number of thiophene rings is 1. The van der Waals surface area contributed by atoms with E-state index in [0.29, 0.717) is 0 Å². The predicted molar refractivity (Wildman–Crippen MR) is 71.6 cm³/mol. The molecule has 2 aromatic rings. The van der Waals surface area contributed by atoms with Crippen LogP contribution in [-0.2, 0) is 16.4 Å². The van der Waals surface area contributed by atoms with Crippen molar-refractivity contribution in [2.24, 2.45) is 0 Å². The maximum Gasteiger partial charge on any atom is 0.272 e. The van der Waals surface area contributed by atoms with Gasteiger partial charge in [-0.3, -0.25) is 9.52 Å². The van der Waals surface area contributed by atoms with Gasteiger partial charge in [0, 0.05) is 11.1 Å². The Kier molecular flexibility index (Phi) is 3.53. The molecule has 2 heterocycles. The molecule has 0 radical (unpaired) electrons. The smallest absolute Gasteiger partial charge is 0.272 e. The van der Waals surface area contributed by atoms with Crippen LogP contribution in [0.1, 0.15) is 11.8 Å². The van der Waals surface area contributed by atoms with Gasteiger partial charge in [-0.05, 0) is 30.7 Å². The molecule has 0 atom stereocenters. The lowest BCUT2D eigenvalue weighted by Crippen LogP contribution is -2.18. The van der Waals surface area contributed by atoms with E-state index in [0.717, 1.165) is 11.3 Å². The van der Waals surface area contributed by atoms with E-state index < -0.39 is 15.6 Å². The number of aromatic nitrogens is 1. The van der Waals surface area contributed by atoms with Crippen LogP contribution in [0.5, 0.6) is 0 Å². The number of rotatable bonds is 4. The summed E-state index contributed by atoms with van der Waals surface area (Å²) in [6.07, 6.45) is 2.23. The van der Waals surface area contributed by atoms with E-state index >= 15 is 0 Å². The van der Waals surface area contributed by atoms with Crippen molar-refractivity contribution < 1.29 is 8.42 Å². The molecule has 2 rings (SSSR count). The third-order valence-electron chi connectivity index (χ3n) is 2.31. The second kappa shape index (κ2) is 4.95.